The molecule has 2 aliphatic heterocycles. The second kappa shape index (κ2) is 7.23. The van der Waals surface area contributed by atoms with Crippen molar-refractivity contribution in [1.29, 1.82) is 0 Å². The number of benzene rings is 1. The largest absolute Gasteiger partial charge is 0.497 e. The fourth-order valence-electron chi connectivity index (χ4n) is 4.27. The summed E-state index contributed by atoms with van der Waals surface area (Å²) in [5.41, 5.74) is 1.29. The quantitative estimate of drug-likeness (QED) is 0.786. The SMILES string of the molecule is COc1ccc(CN2C3CC(C3)[C@H](C)C2COc2ccc(F)cn2)cc1. The monoisotopic (exact) mass is 356 g/mol. The van der Waals surface area contributed by atoms with E-state index in [1.54, 1.807) is 13.2 Å². The molecule has 1 saturated carbocycles. The minimum absolute atomic E-state index is 0.342. The average Bonchev–Trinajstić information content (AvgIpc) is 2.62. The number of aromatic nitrogens is 1. The first-order valence-corrected chi connectivity index (χ1v) is 9.27. The van der Waals surface area contributed by atoms with Gasteiger partial charge in [0.25, 0.3) is 0 Å². The third kappa shape index (κ3) is 3.40. The van der Waals surface area contributed by atoms with Gasteiger partial charge in [-0.25, -0.2) is 9.37 Å². The standard InChI is InChI=1S/C21H25FN2O2/c1-14-16-9-18(10-16)24(12-15-3-6-19(25-2)7-4-15)20(14)13-26-21-8-5-17(22)11-23-21/h3-8,11,14,16,18,20H,9-10,12-13H2,1-2H3/t14-,16?,18?,20?/m0/s1. The number of ether oxygens (including phenoxy) is 2. The van der Waals surface area contributed by atoms with Gasteiger partial charge in [0.15, 0.2) is 0 Å². The van der Waals surface area contributed by atoms with E-state index in [4.69, 9.17) is 9.47 Å². The molecule has 2 aromatic rings. The molecule has 0 amide bonds. The maximum atomic E-state index is 13.0. The van der Waals surface area contributed by atoms with E-state index in [9.17, 15) is 4.39 Å². The van der Waals surface area contributed by atoms with Crippen LogP contribution in [0.1, 0.15) is 25.3 Å². The van der Waals surface area contributed by atoms with E-state index in [0.717, 1.165) is 18.2 Å². The zero-order valence-electron chi connectivity index (χ0n) is 15.3. The fraction of sp³-hybridized carbons (Fsp3) is 0.476. The van der Waals surface area contributed by atoms with Crippen LogP contribution in [0.5, 0.6) is 11.6 Å². The first kappa shape index (κ1) is 17.3. The molecule has 1 aromatic heterocycles. The molecule has 138 valence electrons. The highest BCUT2D eigenvalue weighted by atomic mass is 19.1. The highest BCUT2D eigenvalue weighted by Gasteiger charge is 2.48. The number of methoxy groups -OCH3 is 1. The van der Waals surface area contributed by atoms with Crippen molar-refractivity contribution >= 4 is 0 Å². The van der Waals surface area contributed by atoms with E-state index in [0.29, 0.717) is 30.5 Å². The molecule has 1 unspecified atom stereocenters. The molecular weight excluding hydrogens is 331 g/mol. The van der Waals surface area contributed by atoms with Crippen molar-refractivity contribution in [2.75, 3.05) is 13.7 Å². The van der Waals surface area contributed by atoms with Crippen LogP contribution in [0.2, 0.25) is 0 Å². The Hall–Kier alpha value is -2.14. The molecule has 26 heavy (non-hydrogen) atoms. The number of hydrogen-bond acceptors (Lipinski definition) is 4. The summed E-state index contributed by atoms with van der Waals surface area (Å²) in [4.78, 5) is 6.60. The summed E-state index contributed by atoms with van der Waals surface area (Å²) in [6, 6.07) is 12.3. The molecule has 2 atom stereocenters. The molecule has 3 heterocycles. The van der Waals surface area contributed by atoms with Crippen molar-refractivity contribution in [3.05, 3.63) is 54.0 Å². The Morgan fingerprint density at radius 2 is 1.92 bits per heavy atom. The highest BCUT2D eigenvalue weighted by Crippen LogP contribution is 2.47. The summed E-state index contributed by atoms with van der Waals surface area (Å²) in [5.74, 6) is 2.40. The summed E-state index contributed by atoms with van der Waals surface area (Å²) in [6.45, 7) is 3.83. The van der Waals surface area contributed by atoms with Crippen molar-refractivity contribution in [1.82, 2.24) is 9.88 Å². The lowest BCUT2D eigenvalue weighted by molar-refractivity contribution is -0.0926. The molecule has 5 heteroatoms. The molecule has 1 aliphatic carbocycles. The molecule has 0 spiro atoms. The van der Waals surface area contributed by atoms with Crippen LogP contribution in [-0.4, -0.2) is 35.7 Å². The van der Waals surface area contributed by atoms with Gasteiger partial charge < -0.3 is 9.47 Å². The first-order chi connectivity index (χ1) is 12.6. The second-order valence-electron chi connectivity index (χ2n) is 7.46. The van der Waals surface area contributed by atoms with E-state index in [1.807, 2.05) is 12.1 Å². The summed E-state index contributed by atoms with van der Waals surface area (Å²) in [6.07, 6.45) is 3.76. The van der Waals surface area contributed by atoms with Gasteiger partial charge >= 0.3 is 0 Å². The molecule has 4 nitrogen and oxygen atoms in total. The number of pyridine rings is 1. The molecule has 2 saturated heterocycles. The van der Waals surface area contributed by atoms with Gasteiger partial charge in [0.1, 0.15) is 18.2 Å². The maximum Gasteiger partial charge on any atom is 0.213 e. The minimum Gasteiger partial charge on any atom is -0.497 e. The number of rotatable bonds is 6. The Bertz CT molecular complexity index is 729. The van der Waals surface area contributed by atoms with Crippen LogP contribution in [0, 0.1) is 17.7 Å². The van der Waals surface area contributed by atoms with E-state index < -0.39 is 0 Å². The number of hydrogen-bond donors (Lipinski definition) is 0. The Balaban J connectivity index is 1.45. The number of fused-ring (bicyclic) bond motifs is 2. The molecule has 5 rings (SSSR count). The summed E-state index contributed by atoms with van der Waals surface area (Å²) < 4.78 is 24.2. The minimum atomic E-state index is -0.342. The van der Waals surface area contributed by atoms with Crippen LogP contribution in [0.25, 0.3) is 0 Å². The second-order valence-corrected chi connectivity index (χ2v) is 7.46. The highest BCUT2D eigenvalue weighted by molar-refractivity contribution is 5.27. The van der Waals surface area contributed by atoms with Crippen LogP contribution < -0.4 is 9.47 Å². The molecule has 3 aliphatic rings. The lowest BCUT2D eigenvalue weighted by Crippen LogP contribution is -2.62. The Morgan fingerprint density at radius 1 is 1.15 bits per heavy atom. The topological polar surface area (TPSA) is 34.6 Å². The van der Waals surface area contributed by atoms with Crippen LogP contribution >= 0.6 is 0 Å². The normalized spacial score (nSPS) is 27.7. The van der Waals surface area contributed by atoms with Crippen LogP contribution in [-0.2, 0) is 6.54 Å². The molecule has 0 N–H and O–H groups in total. The van der Waals surface area contributed by atoms with E-state index in [1.165, 1.54) is 30.7 Å². The first-order valence-electron chi connectivity index (χ1n) is 9.27. The number of piperidine rings is 2. The van der Waals surface area contributed by atoms with Crippen molar-refractivity contribution < 1.29 is 13.9 Å². The van der Waals surface area contributed by atoms with Gasteiger partial charge in [0.2, 0.25) is 5.88 Å². The summed E-state index contributed by atoms with van der Waals surface area (Å²) in [5, 5.41) is 0. The van der Waals surface area contributed by atoms with Gasteiger partial charge in [-0.1, -0.05) is 19.1 Å². The Kier molecular flexibility index (Phi) is 4.81. The van der Waals surface area contributed by atoms with Crippen molar-refractivity contribution in [2.45, 2.75) is 38.4 Å². The van der Waals surface area contributed by atoms with E-state index >= 15 is 0 Å². The smallest absolute Gasteiger partial charge is 0.213 e. The van der Waals surface area contributed by atoms with Crippen LogP contribution in [0.15, 0.2) is 42.6 Å². The lowest BCUT2D eigenvalue weighted by Gasteiger charge is -2.57. The summed E-state index contributed by atoms with van der Waals surface area (Å²) in [7, 11) is 1.69. The third-order valence-electron chi connectivity index (χ3n) is 6.02. The molecule has 3 fully saturated rings. The van der Waals surface area contributed by atoms with Crippen molar-refractivity contribution in [2.24, 2.45) is 11.8 Å². The van der Waals surface area contributed by atoms with Gasteiger partial charge in [-0.05, 0) is 48.4 Å². The third-order valence-corrected chi connectivity index (χ3v) is 6.02. The fourth-order valence-corrected chi connectivity index (χ4v) is 4.27. The average molecular weight is 356 g/mol. The van der Waals surface area contributed by atoms with Gasteiger partial charge in [0, 0.05) is 24.7 Å². The van der Waals surface area contributed by atoms with E-state index in [-0.39, 0.29) is 5.82 Å². The summed E-state index contributed by atoms with van der Waals surface area (Å²) >= 11 is 0. The van der Waals surface area contributed by atoms with Crippen LogP contribution in [0.4, 0.5) is 4.39 Å². The molecule has 0 radical (unpaired) electrons. The zero-order valence-corrected chi connectivity index (χ0v) is 15.3. The molecular formula is C21H25FN2O2. The number of nitrogens with zero attached hydrogens (tertiary/aromatic N) is 2. The Labute approximate surface area is 153 Å². The van der Waals surface area contributed by atoms with Crippen molar-refractivity contribution in [3.8, 4) is 11.6 Å². The Morgan fingerprint density at radius 3 is 2.58 bits per heavy atom. The van der Waals surface area contributed by atoms with E-state index in [2.05, 4.69) is 28.9 Å². The zero-order chi connectivity index (χ0) is 18.1. The van der Waals surface area contributed by atoms with Gasteiger partial charge in [-0.2, -0.15) is 0 Å². The maximum absolute atomic E-state index is 13.0. The van der Waals surface area contributed by atoms with Crippen molar-refractivity contribution in [3.63, 3.8) is 0 Å². The lowest BCUT2D eigenvalue weighted by atomic mass is 9.65. The van der Waals surface area contributed by atoms with Gasteiger partial charge in [0.05, 0.1) is 13.3 Å². The molecule has 2 bridgehead atoms. The molecule has 1 aromatic carbocycles. The van der Waals surface area contributed by atoms with Gasteiger partial charge in [-0.3, -0.25) is 4.90 Å². The number of halogens is 1. The van der Waals surface area contributed by atoms with Crippen LogP contribution in [0.3, 0.4) is 0 Å². The predicted octanol–water partition coefficient (Wildman–Crippen LogP) is 3.91. The predicted molar refractivity (Wildman–Crippen MR) is 97.7 cm³/mol. The van der Waals surface area contributed by atoms with Gasteiger partial charge in [-0.15, -0.1) is 0 Å².